The Kier molecular flexibility index (Phi) is 6.68. The van der Waals surface area contributed by atoms with Crippen molar-refractivity contribution in [1.29, 1.82) is 0 Å². The Labute approximate surface area is 295 Å². The highest BCUT2D eigenvalue weighted by Crippen LogP contribution is 2.57. The van der Waals surface area contributed by atoms with Gasteiger partial charge in [-0.3, -0.25) is 19.9 Å². The second kappa shape index (κ2) is 11.7. The molecule has 0 N–H and O–H groups in total. The fraction of sp³-hybridized carbons (Fsp3) is 0.0213. The number of pyridine rings is 4. The molecule has 0 saturated carbocycles. The van der Waals surface area contributed by atoms with Gasteiger partial charge in [0.05, 0.1) is 27.8 Å². The molecule has 10 rings (SSSR count). The van der Waals surface area contributed by atoms with Gasteiger partial charge in [-0.2, -0.15) is 0 Å². The predicted octanol–water partition coefficient (Wildman–Crippen LogP) is 10.9. The summed E-state index contributed by atoms with van der Waals surface area (Å²) in [6.45, 7) is 0. The van der Waals surface area contributed by atoms with Crippen molar-refractivity contribution >= 4 is 21.8 Å². The van der Waals surface area contributed by atoms with Crippen molar-refractivity contribution in [2.75, 3.05) is 0 Å². The quantitative estimate of drug-likeness (QED) is 0.186. The molecule has 4 nitrogen and oxygen atoms in total. The van der Waals surface area contributed by atoms with Gasteiger partial charge in [-0.1, -0.05) is 97.1 Å². The van der Waals surface area contributed by atoms with E-state index in [1.165, 1.54) is 22.3 Å². The zero-order chi connectivity index (χ0) is 33.8. The lowest BCUT2D eigenvalue weighted by Crippen LogP contribution is -2.29. The fourth-order valence-corrected chi connectivity index (χ4v) is 8.14. The summed E-state index contributed by atoms with van der Waals surface area (Å²) in [6.07, 6.45) is 7.50. The summed E-state index contributed by atoms with van der Waals surface area (Å²) in [5.41, 5.74) is 14.5. The van der Waals surface area contributed by atoms with Crippen molar-refractivity contribution < 1.29 is 0 Å². The minimum absolute atomic E-state index is 0.670. The average molecular weight is 651 g/mol. The Hall–Kier alpha value is -6.78. The van der Waals surface area contributed by atoms with Gasteiger partial charge in [0.2, 0.25) is 0 Å². The molecule has 51 heavy (non-hydrogen) atoms. The summed E-state index contributed by atoms with van der Waals surface area (Å²) < 4.78 is 0. The summed E-state index contributed by atoms with van der Waals surface area (Å²) in [5.74, 6) is 0. The SMILES string of the molecule is c1ccc(-c2ccnc(-c3cc(C4(c5cc(-c6ccccn6)c6ncccc6c5)c5ccccc5-c5ccccc54)cc4cccnc34)c2)cc1. The van der Waals surface area contributed by atoms with Gasteiger partial charge in [-0.15, -0.1) is 0 Å². The molecule has 0 amide bonds. The van der Waals surface area contributed by atoms with Crippen molar-refractivity contribution in [2.24, 2.45) is 0 Å². The van der Waals surface area contributed by atoms with E-state index in [0.717, 1.165) is 66.6 Å². The van der Waals surface area contributed by atoms with Crippen LogP contribution in [-0.4, -0.2) is 19.9 Å². The van der Waals surface area contributed by atoms with Gasteiger partial charge in [0.1, 0.15) is 0 Å². The monoisotopic (exact) mass is 650 g/mol. The van der Waals surface area contributed by atoms with Crippen LogP contribution in [0.25, 0.3) is 66.6 Å². The van der Waals surface area contributed by atoms with Crippen LogP contribution < -0.4 is 0 Å². The molecule has 1 aliphatic carbocycles. The van der Waals surface area contributed by atoms with Gasteiger partial charge < -0.3 is 0 Å². The smallest absolute Gasteiger partial charge is 0.0796 e. The Bertz CT molecular complexity index is 2710. The highest BCUT2D eigenvalue weighted by molar-refractivity contribution is 5.98. The molecular formula is C47H30N4. The van der Waals surface area contributed by atoms with Crippen molar-refractivity contribution in [3.8, 4) is 44.8 Å². The highest BCUT2D eigenvalue weighted by atomic mass is 14.7. The van der Waals surface area contributed by atoms with Crippen LogP contribution in [0.3, 0.4) is 0 Å². The molecule has 0 saturated heterocycles. The van der Waals surface area contributed by atoms with Crippen LogP contribution in [0, 0.1) is 0 Å². The fourth-order valence-electron chi connectivity index (χ4n) is 8.14. The summed E-state index contributed by atoms with van der Waals surface area (Å²) in [7, 11) is 0. The topological polar surface area (TPSA) is 51.6 Å². The standard InChI is InChI=1S/C47H30N4/c1-2-12-31(13-3-1)32-21-25-49-44(28-32)40-30-36(27-34-15-11-24-51-46(34)40)47(41-18-6-4-16-37(41)38-17-5-7-19-42(38)47)35-26-33-14-10-23-50-45(33)39(29-35)43-20-8-9-22-48-43/h1-30H. The number of nitrogens with zero attached hydrogens (tertiary/aromatic N) is 4. The van der Waals surface area contributed by atoms with Crippen LogP contribution in [0.2, 0.25) is 0 Å². The first-order valence-electron chi connectivity index (χ1n) is 17.2. The largest absolute Gasteiger partial charge is 0.256 e. The van der Waals surface area contributed by atoms with E-state index in [1.54, 1.807) is 0 Å². The normalized spacial score (nSPS) is 12.9. The number of benzene rings is 5. The lowest BCUT2D eigenvalue weighted by Gasteiger charge is -2.35. The molecule has 9 aromatic rings. The highest BCUT2D eigenvalue weighted by Gasteiger charge is 2.46. The predicted molar refractivity (Wildman–Crippen MR) is 206 cm³/mol. The van der Waals surface area contributed by atoms with Crippen molar-refractivity contribution in [3.05, 3.63) is 205 Å². The second-order valence-electron chi connectivity index (χ2n) is 13.0. The third-order valence-corrected chi connectivity index (χ3v) is 10.3. The lowest BCUT2D eigenvalue weighted by atomic mass is 9.66. The molecule has 1 aliphatic rings. The molecule has 0 radical (unpaired) electrons. The van der Waals surface area contributed by atoms with Gasteiger partial charge in [0.15, 0.2) is 0 Å². The first-order valence-corrected chi connectivity index (χ1v) is 17.2. The van der Waals surface area contributed by atoms with Crippen molar-refractivity contribution in [1.82, 2.24) is 19.9 Å². The first kappa shape index (κ1) is 29.2. The Morgan fingerprint density at radius 2 is 0.882 bits per heavy atom. The molecule has 0 atom stereocenters. The van der Waals surface area contributed by atoms with Gasteiger partial charge in [-0.05, 0) is 105 Å². The van der Waals surface area contributed by atoms with Crippen LogP contribution in [0.5, 0.6) is 0 Å². The lowest BCUT2D eigenvalue weighted by molar-refractivity contribution is 0.771. The minimum Gasteiger partial charge on any atom is -0.256 e. The maximum Gasteiger partial charge on any atom is 0.0796 e. The summed E-state index contributed by atoms with van der Waals surface area (Å²) in [6, 6.07) is 56.2. The number of hydrogen-bond acceptors (Lipinski definition) is 4. The third-order valence-electron chi connectivity index (χ3n) is 10.3. The van der Waals surface area contributed by atoms with Crippen LogP contribution in [0.1, 0.15) is 22.3 Å². The van der Waals surface area contributed by atoms with E-state index in [0.29, 0.717) is 0 Å². The molecule has 4 aromatic heterocycles. The van der Waals surface area contributed by atoms with Crippen molar-refractivity contribution in [2.45, 2.75) is 5.41 Å². The Morgan fingerprint density at radius 3 is 1.51 bits per heavy atom. The molecular weight excluding hydrogens is 621 g/mol. The van der Waals surface area contributed by atoms with Crippen LogP contribution >= 0.6 is 0 Å². The molecule has 4 heteroatoms. The number of rotatable bonds is 5. The van der Waals surface area contributed by atoms with E-state index in [4.69, 9.17) is 19.9 Å². The molecule has 0 spiro atoms. The van der Waals surface area contributed by atoms with Gasteiger partial charge in [0, 0.05) is 46.7 Å². The Morgan fingerprint density at radius 1 is 0.333 bits per heavy atom. The minimum atomic E-state index is -0.670. The maximum absolute atomic E-state index is 4.98. The molecule has 0 aliphatic heterocycles. The average Bonchev–Trinajstić information content (AvgIpc) is 3.52. The summed E-state index contributed by atoms with van der Waals surface area (Å²) in [5, 5.41) is 2.13. The first-order chi connectivity index (χ1) is 25.3. The number of hydrogen-bond donors (Lipinski definition) is 0. The van der Waals surface area contributed by atoms with Gasteiger partial charge in [-0.25, -0.2) is 0 Å². The van der Waals surface area contributed by atoms with Crippen LogP contribution in [0.4, 0.5) is 0 Å². The van der Waals surface area contributed by atoms with E-state index in [9.17, 15) is 0 Å². The van der Waals surface area contributed by atoms with Crippen LogP contribution in [-0.2, 0) is 5.41 Å². The van der Waals surface area contributed by atoms with E-state index in [2.05, 4.69) is 127 Å². The zero-order valence-corrected chi connectivity index (χ0v) is 27.6. The number of aromatic nitrogens is 4. The number of fused-ring (bicyclic) bond motifs is 5. The van der Waals surface area contributed by atoms with E-state index < -0.39 is 5.41 Å². The van der Waals surface area contributed by atoms with E-state index in [1.807, 2.05) is 55.1 Å². The molecule has 5 aromatic carbocycles. The third kappa shape index (κ3) is 4.54. The van der Waals surface area contributed by atoms with Crippen LogP contribution in [0.15, 0.2) is 183 Å². The van der Waals surface area contributed by atoms with Gasteiger partial charge in [0.25, 0.3) is 0 Å². The van der Waals surface area contributed by atoms with E-state index in [-0.39, 0.29) is 0 Å². The zero-order valence-electron chi connectivity index (χ0n) is 27.6. The molecule has 0 unspecified atom stereocenters. The second-order valence-corrected chi connectivity index (χ2v) is 13.0. The molecule has 4 heterocycles. The summed E-state index contributed by atoms with van der Waals surface area (Å²) in [4.78, 5) is 19.6. The van der Waals surface area contributed by atoms with Gasteiger partial charge >= 0.3 is 0 Å². The summed E-state index contributed by atoms with van der Waals surface area (Å²) >= 11 is 0. The van der Waals surface area contributed by atoms with Crippen molar-refractivity contribution in [3.63, 3.8) is 0 Å². The van der Waals surface area contributed by atoms with E-state index >= 15 is 0 Å². The maximum atomic E-state index is 4.98. The molecule has 0 bridgehead atoms. The molecule has 0 fully saturated rings. The molecule has 238 valence electrons. The Balaban J connectivity index is 1.33.